The van der Waals surface area contributed by atoms with E-state index in [1.807, 2.05) is 13.0 Å². The summed E-state index contributed by atoms with van der Waals surface area (Å²) in [6.45, 7) is 3.43. The van der Waals surface area contributed by atoms with Gasteiger partial charge in [0.1, 0.15) is 17.9 Å². The summed E-state index contributed by atoms with van der Waals surface area (Å²) in [7, 11) is 0. The van der Waals surface area contributed by atoms with Crippen molar-refractivity contribution in [2.75, 3.05) is 23.3 Å². The molecule has 1 saturated heterocycles. The van der Waals surface area contributed by atoms with E-state index in [1.165, 1.54) is 6.33 Å². The molecule has 1 amide bonds. The first-order chi connectivity index (χ1) is 12.6. The Bertz CT molecular complexity index is 946. The average molecular weight is 352 g/mol. The molecule has 26 heavy (non-hydrogen) atoms. The molecule has 0 bridgehead atoms. The Kier molecular flexibility index (Phi) is 4.16. The summed E-state index contributed by atoms with van der Waals surface area (Å²) < 4.78 is 1.73. The molecule has 134 valence electrons. The summed E-state index contributed by atoms with van der Waals surface area (Å²) in [4.78, 5) is 23.2. The van der Waals surface area contributed by atoms with Crippen molar-refractivity contribution in [1.82, 2.24) is 19.6 Å². The van der Waals surface area contributed by atoms with Crippen LogP contribution in [-0.4, -0.2) is 43.7 Å². The van der Waals surface area contributed by atoms with Crippen molar-refractivity contribution in [3.8, 4) is 5.75 Å². The molecule has 1 aliphatic heterocycles. The predicted molar refractivity (Wildman–Crippen MR) is 97.2 cm³/mol. The molecule has 0 aliphatic carbocycles. The third-order valence-corrected chi connectivity index (χ3v) is 4.71. The number of phenols is 1. The van der Waals surface area contributed by atoms with E-state index in [0.29, 0.717) is 11.5 Å². The molecule has 0 unspecified atom stereocenters. The van der Waals surface area contributed by atoms with Crippen LogP contribution >= 0.6 is 0 Å². The molecule has 0 atom stereocenters. The van der Waals surface area contributed by atoms with E-state index >= 15 is 0 Å². The molecule has 2 aromatic heterocycles. The van der Waals surface area contributed by atoms with Gasteiger partial charge in [-0.1, -0.05) is 12.1 Å². The highest BCUT2D eigenvalue weighted by atomic mass is 16.3. The summed E-state index contributed by atoms with van der Waals surface area (Å²) in [5.41, 5.74) is 1.34. The maximum atomic E-state index is 12.5. The number of hydrogen-bond acceptors (Lipinski definition) is 6. The highest BCUT2D eigenvalue weighted by Crippen LogP contribution is 2.27. The molecule has 0 radical (unpaired) electrons. The maximum Gasteiger partial charge on any atom is 0.254 e. The van der Waals surface area contributed by atoms with E-state index in [0.717, 1.165) is 37.4 Å². The molecular formula is C18H20N6O2. The van der Waals surface area contributed by atoms with Gasteiger partial charge in [0, 0.05) is 30.8 Å². The second kappa shape index (κ2) is 6.62. The van der Waals surface area contributed by atoms with Crippen molar-refractivity contribution in [2.45, 2.75) is 19.8 Å². The number of fused-ring (bicyclic) bond motifs is 1. The number of hydrogen-bond donors (Lipinski definition) is 2. The van der Waals surface area contributed by atoms with Gasteiger partial charge in [0.05, 0.1) is 5.69 Å². The minimum atomic E-state index is -0.0833. The van der Waals surface area contributed by atoms with Crippen molar-refractivity contribution in [3.05, 3.63) is 42.4 Å². The molecule has 1 aromatic carbocycles. The molecule has 3 heterocycles. The predicted octanol–water partition coefficient (Wildman–Crippen LogP) is 1.99. The maximum absolute atomic E-state index is 12.5. The molecule has 8 heteroatoms. The Balaban J connectivity index is 1.44. The van der Waals surface area contributed by atoms with Gasteiger partial charge in [-0.15, -0.1) is 0 Å². The Hall–Kier alpha value is -3.16. The van der Waals surface area contributed by atoms with Crippen LogP contribution in [0.25, 0.3) is 5.78 Å². The van der Waals surface area contributed by atoms with Crippen molar-refractivity contribution < 1.29 is 9.90 Å². The molecule has 4 rings (SSSR count). The lowest BCUT2D eigenvalue weighted by molar-refractivity contribution is -0.120. The van der Waals surface area contributed by atoms with Crippen molar-refractivity contribution in [1.29, 1.82) is 0 Å². The van der Waals surface area contributed by atoms with Crippen molar-refractivity contribution >= 4 is 23.2 Å². The first-order valence-electron chi connectivity index (χ1n) is 8.63. The highest BCUT2D eigenvalue weighted by molar-refractivity contribution is 5.94. The van der Waals surface area contributed by atoms with E-state index in [1.54, 1.807) is 28.8 Å². The zero-order chi connectivity index (χ0) is 18.1. The highest BCUT2D eigenvalue weighted by Gasteiger charge is 2.27. The minimum Gasteiger partial charge on any atom is -0.506 e. The average Bonchev–Trinajstić information content (AvgIpc) is 3.11. The van der Waals surface area contributed by atoms with Gasteiger partial charge in [-0.25, -0.2) is 4.98 Å². The van der Waals surface area contributed by atoms with Gasteiger partial charge in [0.15, 0.2) is 0 Å². The Morgan fingerprint density at radius 2 is 2.04 bits per heavy atom. The smallest absolute Gasteiger partial charge is 0.254 e. The third-order valence-electron chi connectivity index (χ3n) is 4.71. The van der Waals surface area contributed by atoms with Crippen LogP contribution in [0.1, 0.15) is 18.5 Å². The van der Waals surface area contributed by atoms with E-state index < -0.39 is 0 Å². The summed E-state index contributed by atoms with van der Waals surface area (Å²) in [6.07, 6.45) is 2.96. The van der Waals surface area contributed by atoms with E-state index in [2.05, 4.69) is 25.3 Å². The second-order valence-electron chi connectivity index (χ2n) is 6.50. The number of carbonyl (C=O) groups is 1. The van der Waals surface area contributed by atoms with Gasteiger partial charge in [-0.3, -0.25) is 4.79 Å². The van der Waals surface area contributed by atoms with Crippen LogP contribution in [0.3, 0.4) is 0 Å². The molecule has 2 N–H and O–H groups in total. The van der Waals surface area contributed by atoms with Gasteiger partial charge in [-0.05, 0) is 31.9 Å². The zero-order valence-electron chi connectivity index (χ0n) is 14.5. The van der Waals surface area contributed by atoms with Gasteiger partial charge < -0.3 is 15.3 Å². The number of anilines is 2. The second-order valence-corrected chi connectivity index (χ2v) is 6.50. The van der Waals surface area contributed by atoms with E-state index in [9.17, 15) is 9.90 Å². The van der Waals surface area contributed by atoms with Crippen LogP contribution < -0.4 is 10.2 Å². The summed E-state index contributed by atoms with van der Waals surface area (Å²) in [6, 6.07) is 8.76. The monoisotopic (exact) mass is 352 g/mol. The SMILES string of the molecule is Cc1cc(N2CCC(C(=O)Nc3ccccc3O)CC2)n2ncnc2n1. The van der Waals surface area contributed by atoms with Gasteiger partial charge in [0.2, 0.25) is 5.91 Å². The lowest BCUT2D eigenvalue weighted by Gasteiger charge is -2.32. The van der Waals surface area contributed by atoms with Crippen LogP contribution in [0.2, 0.25) is 0 Å². The Labute approximate surface area is 150 Å². The minimum absolute atomic E-state index is 0.0528. The van der Waals surface area contributed by atoms with Crippen molar-refractivity contribution in [3.63, 3.8) is 0 Å². The number of para-hydroxylation sites is 2. The lowest BCUT2D eigenvalue weighted by Crippen LogP contribution is -2.39. The number of phenolic OH excluding ortho intramolecular Hbond substituents is 1. The van der Waals surface area contributed by atoms with Crippen LogP contribution in [0, 0.1) is 12.8 Å². The van der Waals surface area contributed by atoms with Gasteiger partial charge >= 0.3 is 0 Å². The molecule has 3 aromatic rings. The fourth-order valence-corrected chi connectivity index (χ4v) is 3.32. The number of piperidine rings is 1. The summed E-state index contributed by atoms with van der Waals surface area (Å²) >= 11 is 0. The Morgan fingerprint density at radius 3 is 2.81 bits per heavy atom. The van der Waals surface area contributed by atoms with Crippen molar-refractivity contribution in [2.24, 2.45) is 5.92 Å². The first kappa shape index (κ1) is 16.3. The number of benzene rings is 1. The van der Waals surface area contributed by atoms with Gasteiger partial charge in [0.25, 0.3) is 5.78 Å². The summed E-state index contributed by atoms with van der Waals surface area (Å²) in [5.74, 6) is 1.48. The fraction of sp³-hybridized carbons (Fsp3) is 0.333. The number of aromatic nitrogens is 4. The number of aryl methyl sites for hydroxylation is 1. The van der Waals surface area contributed by atoms with Crippen LogP contribution in [0.4, 0.5) is 11.5 Å². The fourth-order valence-electron chi connectivity index (χ4n) is 3.32. The summed E-state index contributed by atoms with van der Waals surface area (Å²) in [5, 5.41) is 16.9. The number of nitrogens with one attached hydrogen (secondary N) is 1. The van der Waals surface area contributed by atoms with Crippen LogP contribution in [-0.2, 0) is 4.79 Å². The zero-order valence-corrected chi connectivity index (χ0v) is 14.5. The molecule has 0 saturated carbocycles. The number of amides is 1. The third kappa shape index (κ3) is 3.05. The quantitative estimate of drug-likeness (QED) is 0.700. The molecular weight excluding hydrogens is 332 g/mol. The normalized spacial score (nSPS) is 15.3. The van der Waals surface area contributed by atoms with Crippen LogP contribution in [0.15, 0.2) is 36.7 Å². The number of nitrogens with zero attached hydrogens (tertiary/aromatic N) is 5. The topological polar surface area (TPSA) is 95.7 Å². The Morgan fingerprint density at radius 1 is 1.27 bits per heavy atom. The molecule has 1 fully saturated rings. The van der Waals surface area contributed by atoms with E-state index in [-0.39, 0.29) is 17.6 Å². The molecule has 0 spiro atoms. The largest absolute Gasteiger partial charge is 0.506 e. The lowest BCUT2D eigenvalue weighted by atomic mass is 9.95. The molecule has 1 aliphatic rings. The number of rotatable bonds is 3. The standard InChI is InChI=1S/C18H20N6O2/c1-12-10-16(24-18(21-12)19-11-20-24)23-8-6-13(7-9-23)17(26)22-14-4-2-3-5-15(14)25/h2-5,10-11,13,25H,6-9H2,1H3,(H,22,26). The number of carbonyl (C=O) groups excluding carboxylic acids is 1. The first-order valence-corrected chi connectivity index (χ1v) is 8.63. The van der Waals surface area contributed by atoms with Crippen LogP contribution in [0.5, 0.6) is 5.75 Å². The molecule has 8 nitrogen and oxygen atoms in total. The van der Waals surface area contributed by atoms with E-state index in [4.69, 9.17) is 0 Å². The van der Waals surface area contributed by atoms with Gasteiger partial charge in [-0.2, -0.15) is 14.6 Å². The number of aromatic hydroxyl groups is 1.